The van der Waals surface area contributed by atoms with Crippen molar-refractivity contribution in [2.24, 2.45) is 0 Å². The zero-order valence-electron chi connectivity index (χ0n) is 7.31. The van der Waals surface area contributed by atoms with Crippen molar-refractivity contribution >= 4 is 39.0 Å². The van der Waals surface area contributed by atoms with Crippen LogP contribution in [0.2, 0.25) is 0 Å². The van der Waals surface area contributed by atoms with Crippen molar-refractivity contribution in [3.05, 3.63) is 45.2 Å². The smallest absolute Gasteiger partial charge is 0.0963 e. The van der Waals surface area contributed by atoms with Crippen LogP contribution in [0.3, 0.4) is 0 Å². The van der Waals surface area contributed by atoms with Crippen molar-refractivity contribution < 1.29 is 0 Å². The fourth-order valence-electron chi connectivity index (χ4n) is 1.01. The summed E-state index contributed by atoms with van der Waals surface area (Å²) < 4.78 is 1.19. The van der Waals surface area contributed by atoms with E-state index in [0.717, 1.165) is 10.8 Å². The maximum atomic E-state index is 4.26. The first-order valence-corrected chi connectivity index (χ1v) is 6.72. The number of pyridine rings is 1. The number of halogens is 1. The number of hydrogen-bond donors (Lipinski definition) is 0. The van der Waals surface area contributed by atoms with Gasteiger partial charge in [0.2, 0.25) is 0 Å². The number of aromatic nitrogens is 1. The van der Waals surface area contributed by atoms with Crippen molar-refractivity contribution in [2.75, 3.05) is 0 Å². The quantitative estimate of drug-likeness (QED) is 0.784. The molecule has 0 unspecified atom stereocenters. The van der Waals surface area contributed by atoms with E-state index >= 15 is 0 Å². The molecule has 14 heavy (non-hydrogen) atoms. The van der Waals surface area contributed by atoms with Crippen molar-refractivity contribution in [2.45, 2.75) is 10.8 Å². The molecule has 0 saturated heterocycles. The lowest BCUT2D eigenvalue weighted by molar-refractivity contribution is 1.13. The monoisotopic (exact) mass is 285 g/mol. The lowest BCUT2D eigenvalue weighted by Crippen LogP contribution is -1.77. The van der Waals surface area contributed by atoms with E-state index in [1.54, 1.807) is 23.1 Å². The molecular formula is C10H8BrNS2. The van der Waals surface area contributed by atoms with E-state index in [4.69, 9.17) is 0 Å². The summed E-state index contributed by atoms with van der Waals surface area (Å²) in [6.45, 7) is 0. The number of thiophene rings is 1. The summed E-state index contributed by atoms with van der Waals surface area (Å²) >= 11 is 6.99. The van der Waals surface area contributed by atoms with E-state index in [-0.39, 0.29) is 0 Å². The van der Waals surface area contributed by atoms with Crippen LogP contribution in [0.1, 0.15) is 4.88 Å². The molecule has 2 rings (SSSR count). The molecule has 0 bridgehead atoms. The number of hydrogen-bond acceptors (Lipinski definition) is 3. The topological polar surface area (TPSA) is 12.9 Å². The third kappa shape index (κ3) is 2.83. The molecule has 0 saturated carbocycles. The van der Waals surface area contributed by atoms with Crippen molar-refractivity contribution in [1.29, 1.82) is 0 Å². The molecular weight excluding hydrogens is 278 g/mol. The van der Waals surface area contributed by atoms with Gasteiger partial charge in [0.1, 0.15) is 0 Å². The van der Waals surface area contributed by atoms with Crippen LogP contribution in [-0.4, -0.2) is 4.98 Å². The van der Waals surface area contributed by atoms with Gasteiger partial charge in [-0.15, -0.1) is 23.1 Å². The molecule has 0 N–H and O–H groups in total. The maximum Gasteiger partial charge on any atom is 0.0963 e. The van der Waals surface area contributed by atoms with Crippen LogP contribution in [0, 0.1) is 0 Å². The lowest BCUT2D eigenvalue weighted by atomic mass is 10.5. The zero-order valence-corrected chi connectivity index (χ0v) is 10.5. The van der Waals surface area contributed by atoms with Gasteiger partial charge in [0, 0.05) is 16.8 Å². The molecule has 0 spiro atoms. The molecule has 0 atom stereocenters. The molecule has 0 aliphatic rings. The standard InChI is InChI=1S/C10H8BrNS2/c11-9-5-4-8(14-9)7-13-10-3-1-2-6-12-10/h1-6H,7H2. The number of rotatable bonds is 3. The minimum atomic E-state index is 0.993. The Morgan fingerprint density at radius 2 is 2.21 bits per heavy atom. The molecule has 2 aromatic rings. The van der Waals surface area contributed by atoms with Crippen LogP contribution in [0.4, 0.5) is 0 Å². The Hall–Kier alpha value is -0.320. The first-order chi connectivity index (χ1) is 6.84. The van der Waals surface area contributed by atoms with Crippen molar-refractivity contribution in [3.63, 3.8) is 0 Å². The first kappa shape index (κ1) is 10.2. The largest absolute Gasteiger partial charge is 0.250 e. The predicted molar refractivity (Wildman–Crippen MR) is 65.8 cm³/mol. The van der Waals surface area contributed by atoms with Crippen LogP contribution in [0.25, 0.3) is 0 Å². The van der Waals surface area contributed by atoms with Crippen LogP contribution in [0.15, 0.2) is 45.3 Å². The zero-order chi connectivity index (χ0) is 9.80. The highest BCUT2D eigenvalue weighted by Crippen LogP contribution is 2.27. The van der Waals surface area contributed by atoms with Crippen molar-refractivity contribution in [1.82, 2.24) is 4.98 Å². The Balaban J connectivity index is 1.95. The van der Waals surface area contributed by atoms with Gasteiger partial charge in [0.15, 0.2) is 0 Å². The van der Waals surface area contributed by atoms with E-state index in [1.807, 2.05) is 24.4 Å². The van der Waals surface area contributed by atoms with Gasteiger partial charge in [-0.25, -0.2) is 4.98 Å². The molecule has 2 aromatic heterocycles. The summed E-state index contributed by atoms with van der Waals surface area (Å²) in [4.78, 5) is 5.62. The van der Waals surface area contributed by atoms with Gasteiger partial charge < -0.3 is 0 Å². The minimum absolute atomic E-state index is 0.993. The van der Waals surface area contributed by atoms with Gasteiger partial charge >= 0.3 is 0 Å². The highest BCUT2D eigenvalue weighted by Gasteiger charge is 1.99. The van der Waals surface area contributed by atoms with E-state index in [1.165, 1.54) is 8.66 Å². The van der Waals surface area contributed by atoms with E-state index in [9.17, 15) is 0 Å². The number of nitrogens with zero attached hydrogens (tertiary/aromatic N) is 1. The molecule has 1 nitrogen and oxygen atoms in total. The molecule has 72 valence electrons. The summed E-state index contributed by atoms with van der Waals surface area (Å²) in [5.41, 5.74) is 0. The normalized spacial score (nSPS) is 10.4. The average molecular weight is 286 g/mol. The third-order valence-electron chi connectivity index (χ3n) is 1.63. The first-order valence-electron chi connectivity index (χ1n) is 4.12. The minimum Gasteiger partial charge on any atom is -0.250 e. The second-order valence-electron chi connectivity index (χ2n) is 2.66. The molecule has 0 aliphatic heterocycles. The van der Waals surface area contributed by atoms with E-state index in [2.05, 4.69) is 33.0 Å². The van der Waals surface area contributed by atoms with Gasteiger partial charge in [-0.3, -0.25) is 0 Å². The van der Waals surface area contributed by atoms with Crippen LogP contribution in [-0.2, 0) is 5.75 Å². The molecule has 0 radical (unpaired) electrons. The SMILES string of the molecule is Brc1ccc(CSc2ccccn2)s1. The maximum absolute atomic E-state index is 4.26. The van der Waals surface area contributed by atoms with E-state index < -0.39 is 0 Å². The molecule has 0 amide bonds. The lowest BCUT2D eigenvalue weighted by Gasteiger charge is -1.96. The fraction of sp³-hybridized carbons (Fsp3) is 0.100. The molecule has 0 aromatic carbocycles. The van der Waals surface area contributed by atoms with Gasteiger partial charge in [-0.2, -0.15) is 0 Å². The Kier molecular flexibility index (Phi) is 3.61. The van der Waals surface area contributed by atoms with E-state index in [0.29, 0.717) is 0 Å². The van der Waals surface area contributed by atoms with Gasteiger partial charge in [0.25, 0.3) is 0 Å². The van der Waals surface area contributed by atoms with Gasteiger partial charge in [0.05, 0.1) is 8.81 Å². The summed E-state index contributed by atoms with van der Waals surface area (Å²) in [7, 11) is 0. The summed E-state index contributed by atoms with van der Waals surface area (Å²) in [5.74, 6) is 0.993. The highest BCUT2D eigenvalue weighted by molar-refractivity contribution is 9.11. The molecule has 0 aliphatic carbocycles. The Bertz CT molecular complexity index is 400. The molecule has 2 heterocycles. The summed E-state index contributed by atoms with van der Waals surface area (Å²) in [6.07, 6.45) is 1.83. The second-order valence-corrected chi connectivity index (χ2v) is 6.21. The Morgan fingerprint density at radius 1 is 1.29 bits per heavy atom. The summed E-state index contributed by atoms with van der Waals surface area (Å²) in [5, 5.41) is 1.08. The second kappa shape index (κ2) is 4.96. The summed E-state index contributed by atoms with van der Waals surface area (Å²) in [6, 6.07) is 10.2. The van der Waals surface area contributed by atoms with Gasteiger partial charge in [-0.1, -0.05) is 6.07 Å². The third-order valence-corrected chi connectivity index (χ3v) is 4.43. The predicted octanol–water partition coefficient (Wildman–Crippen LogP) is 4.20. The Labute approximate surface area is 99.7 Å². The fourth-order valence-corrected chi connectivity index (χ4v) is 3.39. The van der Waals surface area contributed by atoms with Crippen molar-refractivity contribution in [3.8, 4) is 0 Å². The molecule has 0 fully saturated rings. The van der Waals surface area contributed by atoms with Crippen LogP contribution >= 0.6 is 39.0 Å². The average Bonchev–Trinajstić information content (AvgIpc) is 2.63. The van der Waals surface area contributed by atoms with Crippen LogP contribution in [0.5, 0.6) is 0 Å². The van der Waals surface area contributed by atoms with Gasteiger partial charge in [-0.05, 0) is 40.2 Å². The molecule has 4 heteroatoms. The Morgan fingerprint density at radius 3 is 2.86 bits per heavy atom. The van der Waals surface area contributed by atoms with Crippen LogP contribution < -0.4 is 0 Å². The number of thioether (sulfide) groups is 1. The highest BCUT2D eigenvalue weighted by atomic mass is 79.9.